The molecule has 0 unspecified atom stereocenters. The maximum atomic E-state index is 9.65. The minimum Gasteiger partial charge on any atom is -0.388 e. The van der Waals surface area contributed by atoms with Gasteiger partial charge in [-0.25, -0.2) is 0 Å². The summed E-state index contributed by atoms with van der Waals surface area (Å²) in [7, 11) is 2.07. The van der Waals surface area contributed by atoms with Crippen LogP contribution in [0.25, 0.3) is 0 Å². The van der Waals surface area contributed by atoms with Crippen LogP contribution in [-0.2, 0) is 20.4 Å². The zero-order valence-electron chi connectivity index (χ0n) is 7.23. The predicted octanol–water partition coefficient (Wildman–Crippen LogP) is -0.179. The molecule has 0 aliphatic carbocycles. The Bertz CT molecular complexity index is 118. The average Bonchev–Trinajstić information content (AvgIpc) is 1.96. The first kappa shape index (κ1) is 15.3. The molecule has 1 rings (SSSR count). The third kappa shape index (κ3) is 4.18. The van der Waals surface area contributed by atoms with E-state index in [1.54, 1.807) is 0 Å². The van der Waals surface area contributed by atoms with Crippen LogP contribution in [0.4, 0.5) is 0 Å². The molecular weight excluding hydrogens is 270 g/mol. The Hall–Kier alpha value is 0.832. The van der Waals surface area contributed by atoms with Crippen LogP contribution in [-0.4, -0.2) is 42.3 Å². The smallest absolute Gasteiger partial charge is 0.0793 e. The van der Waals surface area contributed by atoms with E-state index in [1.165, 1.54) is 0 Å². The van der Waals surface area contributed by atoms with Gasteiger partial charge in [0.05, 0.1) is 5.60 Å². The normalized spacial score (nSPS) is 22.2. The molecule has 0 atom stereocenters. The van der Waals surface area contributed by atoms with Gasteiger partial charge in [-0.3, -0.25) is 0 Å². The fourth-order valence-corrected chi connectivity index (χ4v) is 1.24. The second-order valence-electron chi connectivity index (χ2n) is 3.23. The van der Waals surface area contributed by atoms with Crippen LogP contribution in [0.5, 0.6) is 0 Å². The summed E-state index contributed by atoms with van der Waals surface area (Å²) in [5.41, 5.74) is 4.85. The molecule has 1 heterocycles. The Labute approximate surface area is 93.7 Å². The second kappa shape index (κ2) is 6.31. The molecule has 1 aliphatic rings. The van der Waals surface area contributed by atoms with Crippen LogP contribution in [0, 0.1) is 0 Å². The summed E-state index contributed by atoms with van der Waals surface area (Å²) in [6.07, 6.45) is 1.64. The van der Waals surface area contributed by atoms with E-state index in [2.05, 4.69) is 11.9 Å². The molecule has 0 aromatic rings. The number of nitrogens with zero attached hydrogens (tertiary/aromatic N) is 1. The maximum Gasteiger partial charge on any atom is 0.0793 e. The van der Waals surface area contributed by atoms with Crippen molar-refractivity contribution in [3.63, 3.8) is 0 Å². The first-order chi connectivity index (χ1) is 4.66. The van der Waals surface area contributed by atoms with Gasteiger partial charge < -0.3 is 15.7 Å². The number of hydrogen-bond acceptors (Lipinski definition) is 3. The predicted molar refractivity (Wildman–Crippen MR) is 48.0 cm³/mol. The molecule has 1 fully saturated rings. The van der Waals surface area contributed by atoms with Crippen molar-refractivity contribution in [2.75, 3.05) is 26.7 Å². The molecule has 12 heavy (non-hydrogen) atoms. The second-order valence-corrected chi connectivity index (χ2v) is 3.23. The fraction of sp³-hybridized carbons (Fsp3) is 1.00. The van der Waals surface area contributed by atoms with E-state index in [4.69, 9.17) is 5.73 Å². The average molecular weight is 287 g/mol. The van der Waals surface area contributed by atoms with Crippen molar-refractivity contribution in [2.24, 2.45) is 5.73 Å². The van der Waals surface area contributed by atoms with Gasteiger partial charge in [-0.2, -0.15) is 0 Å². The van der Waals surface area contributed by atoms with Crippen molar-refractivity contribution in [1.29, 1.82) is 0 Å². The van der Waals surface area contributed by atoms with Gasteiger partial charge >= 0.3 is 0 Å². The van der Waals surface area contributed by atoms with Crippen LogP contribution >= 0.6 is 12.4 Å². The van der Waals surface area contributed by atoms with E-state index >= 15 is 0 Å². The molecule has 3 N–H and O–H groups in total. The molecule has 0 aromatic heterocycles. The van der Waals surface area contributed by atoms with Gasteiger partial charge in [-0.15, -0.1) is 12.4 Å². The van der Waals surface area contributed by atoms with Gasteiger partial charge in [-0.05, 0) is 19.9 Å². The van der Waals surface area contributed by atoms with E-state index in [0.717, 1.165) is 25.9 Å². The molecule has 0 aromatic carbocycles. The van der Waals surface area contributed by atoms with Gasteiger partial charge in [0.25, 0.3) is 0 Å². The van der Waals surface area contributed by atoms with Crippen LogP contribution < -0.4 is 5.73 Å². The monoisotopic (exact) mass is 286 g/mol. The summed E-state index contributed by atoms with van der Waals surface area (Å²) in [6.45, 7) is 2.34. The summed E-state index contributed by atoms with van der Waals surface area (Å²) >= 11 is 0. The van der Waals surface area contributed by atoms with E-state index in [9.17, 15) is 5.11 Å². The molecule has 5 heteroatoms. The number of rotatable bonds is 1. The minimum atomic E-state index is -0.563. The van der Waals surface area contributed by atoms with E-state index in [-0.39, 0.29) is 32.8 Å². The molecule has 0 spiro atoms. The summed E-state index contributed by atoms with van der Waals surface area (Å²) < 4.78 is 0. The molecule has 0 amide bonds. The Morgan fingerprint density at radius 2 is 1.83 bits per heavy atom. The SMILES string of the molecule is CN1CCC(O)(CN)CC1.Cl.[Pd]. The van der Waals surface area contributed by atoms with Gasteiger partial charge in [-0.1, -0.05) is 0 Å². The van der Waals surface area contributed by atoms with Crippen LogP contribution in [0.3, 0.4) is 0 Å². The summed E-state index contributed by atoms with van der Waals surface area (Å²) in [6, 6.07) is 0. The van der Waals surface area contributed by atoms with Crippen molar-refractivity contribution >= 4 is 12.4 Å². The number of nitrogens with two attached hydrogens (primary N) is 1. The van der Waals surface area contributed by atoms with Gasteiger partial charge in [0.1, 0.15) is 0 Å². The van der Waals surface area contributed by atoms with E-state index in [0.29, 0.717) is 6.54 Å². The first-order valence-corrected chi connectivity index (χ1v) is 3.77. The fourth-order valence-electron chi connectivity index (χ4n) is 1.24. The third-order valence-electron chi connectivity index (χ3n) is 2.30. The summed E-state index contributed by atoms with van der Waals surface area (Å²) in [4.78, 5) is 2.21. The zero-order chi connectivity index (χ0) is 7.61. The van der Waals surface area contributed by atoms with Crippen molar-refractivity contribution in [3.8, 4) is 0 Å². The number of aliphatic hydroxyl groups is 1. The molecular formula is C7H17ClN2OPd. The molecule has 0 radical (unpaired) electrons. The van der Waals surface area contributed by atoms with Crippen molar-refractivity contribution in [1.82, 2.24) is 4.90 Å². The van der Waals surface area contributed by atoms with Crippen LogP contribution in [0.2, 0.25) is 0 Å². The molecule has 78 valence electrons. The Balaban J connectivity index is 0. The number of piperidine rings is 1. The van der Waals surface area contributed by atoms with Crippen molar-refractivity contribution in [2.45, 2.75) is 18.4 Å². The van der Waals surface area contributed by atoms with Crippen LogP contribution in [0.1, 0.15) is 12.8 Å². The van der Waals surface area contributed by atoms with Gasteiger partial charge in [0, 0.05) is 40.1 Å². The Morgan fingerprint density at radius 1 is 1.42 bits per heavy atom. The molecule has 0 bridgehead atoms. The quantitative estimate of drug-likeness (QED) is 0.658. The Kier molecular flexibility index (Phi) is 8.05. The molecule has 1 saturated heterocycles. The first-order valence-electron chi connectivity index (χ1n) is 3.77. The van der Waals surface area contributed by atoms with Gasteiger partial charge in [0.15, 0.2) is 0 Å². The molecule has 3 nitrogen and oxygen atoms in total. The number of hydrogen-bond donors (Lipinski definition) is 2. The van der Waals surface area contributed by atoms with E-state index in [1.807, 2.05) is 0 Å². The topological polar surface area (TPSA) is 49.5 Å². The Morgan fingerprint density at radius 3 is 2.17 bits per heavy atom. The zero-order valence-corrected chi connectivity index (χ0v) is 9.60. The van der Waals surface area contributed by atoms with Crippen molar-refractivity contribution in [3.05, 3.63) is 0 Å². The minimum absolute atomic E-state index is 0. The molecule has 0 saturated carbocycles. The largest absolute Gasteiger partial charge is 0.388 e. The summed E-state index contributed by atoms with van der Waals surface area (Å²) in [5.74, 6) is 0. The molecule has 1 aliphatic heterocycles. The number of halogens is 1. The summed E-state index contributed by atoms with van der Waals surface area (Å²) in [5, 5.41) is 9.65. The third-order valence-corrected chi connectivity index (χ3v) is 2.30. The number of likely N-dealkylation sites (tertiary alicyclic amines) is 1. The van der Waals surface area contributed by atoms with Gasteiger partial charge in [0.2, 0.25) is 0 Å². The van der Waals surface area contributed by atoms with Crippen LogP contribution in [0.15, 0.2) is 0 Å². The standard InChI is InChI=1S/C7H16N2O.ClH.Pd/c1-9-4-2-7(10,6-8)3-5-9;;/h10H,2-6,8H2,1H3;1H;. The maximum absolute atomic E-state index is 9.65. The van der Waals surface area contributed by atoms with Crippen molar-refractivity contribution < 1.29 is 25.5 Å². The van der Waals surface area contributed by atoms with E-state index < -0.39 is 5.60 Å².